The van der Waals surface area contributed by atoms with Gasteiger partial charge in [0.25, 0.3) is 0 Å². The summed E-state index contributed by atoms with van der Waals surface area (Å²) in [5.74, 6) is -0.522. The van der Waals surface area contributed by atoms with E-state index in [1.807, 2.05) is 0 Å². The summed E-state index contributed by atoms with van der Waals surface area (Å²) in [4.78, 5) is 11.5. The van der Waals surface area contributed by atoms with E-state index in [0.717, 1.165) is 0 Å². The highest BCUT2D eigenvalue weighted by molar-refractivity contribution is 5.65. The molecule has 2 aromatic carbocycles. The first-order valence-corrected chi connectivity index (χ1v) is 7.96. The minimum atomic E-state index is -1.00. The van der Waals surface area contributed by atoms with Crippen LogP contribution < -0.4 is 9.47 Å². The van der Waals surface area contributed by atoms with E-state index in [-0.39, 0.29) is 41.8 Å². The summed E-state index contributed by atoms with van der Waals surface area (Å²) < 4.78 is 15.3. The molecule has 0 bridgehead atoms. The zero-order valence-electron chi connectivity index (χ0n) is 13.9. The summed E-state index contributed by atoms with van der Waals surface area (Å²) in [7, 11) is 0. The largest absolute Gasteiger partial charge is 0.513 e. The summed E-state index contributed by atoms with van der Waals surface area (Å²) in [6.07, 6.45) is -2.72. The van der Waals surface area contributed by atoms with Crippen molar-refractivity contribution >= 4 is 6.16 Å². The summed E-state index contributed by atoms with van der Waals surface area (Å²) >= 11 is 0. The third-order valence-corrected chi connectivity index (χ3v) is 3.95. The standard InChI is InChI=1S/C18H18O8/c1-2-24-18(23)26-16-5-9(3-4-12(16)20)17-14(22)8-11-13(21)6-10(19)7-15(11)25-17/h3-7,14,17,19-22H,2,8H2,1H3/t14-,17?/m1/s1. The lowest BCUT2D eigenvalue weighted by Gasteiger charge is -2.31. The maximum Gasteiger partial charge on any atom is 0.513 e. The highest BCUT2D eigenvalue weighted by Crippen LogP contribution is 2.42. The molecule has 26 heavy (non-hydrogen) atoms. The number of aliphatic hydroxyl groups is 1. The monoisotopic (exact) mass is 362 g/mol. The number of carbonyl (C=O) groups is 1. The van der Waals surface area contributed by atoms with Gasteiger partial charge >= 0.3 is 6.16 Å². The molecule has 1 heterocycles. The number of hydrogen-bond acceptors (Lipinski definition) is 8. The molecule has 3 rings (SSSR count). The first kappa shape index (κ1) is 17.7. The van der Waals surface area contributed by atoms with E-state index in [0.29, 0.717) is 11.1 Å². The van der Waals surface area contributed by atoms with Crippen LogP contribution in [0.15, 0.2) is 30.3 Å². The molecule has 1 unspecified atom stereocenters. The van der Waals surface area contributed by atoms with Crippen molar-refractivity contribution in [2.75, 3.05) is 6.61 Å². The van der Waals surface area contributed by atoms with Gasteiger partial charge in [-0.25, -0.2) is 4.79 Å². The topological polar surface area (TPSA) is 126 Å². The van der Waals surface area contributed by atoms with E-state index < -0.39 is 18.4 Å². The maximum absolute atomic E-state index is 11.5. The van der Waals surface area contributed by atoms with Gasteiger partial charge in [0.1, 0.15) is 23.4 Å². The first-order valence-electron chi connectivity index (χ1n) is 7.96. The number of benzene rings is 2. The predicted octanol–water partition coefficient (Wildman–Crippen LogP) is 2.38. The molecule has 0 spiro atoms. The van der Waals surface area contributed by atoms with Crippen LogP contribution in [0.1, 0.15) is 24.2 Å². The summed E-state index contributed by atoms with van der Waals surface area (Å²) in [5, 5.41) is 39.7. The molecule has 2 atom stereocenters. The van der Waals surface area contributed by atoms with Gasteiger partial charge in [0.15, 0.2) is 11.5 Å². The van der Waals surface area contributed by atoms with Crippen LogP contribution in [0.2, 0.25) is 0 Å². The van der Waals surface area contributed by atoms with Gasteiger partial charge in [-0.2, -0.15) is 0 Å². The number of fused-ring (bicyclic) bond motifs is 1. The molecule has 4 N–H and O–H groups in total. The third-order valence-electron chi connectivity index (χ3n) is 3.95. The zero-order valence-corrected chi connectivity index (χ0v) is 13.9. The molecule has 8 nitrogen and oxygen atoms in total. The summed E-state index contributed by atoms with van der Waals surface area (Å²) in [5.41, 5.74) is 0.816. The molecule has 0 aromatic heterocycles. The Morgan fingerprint density at radius 3 is 2.69 bits per heavy atom. The van der Waals surface area contributed by atoms with Crippen LogP contribution >= 0.6 is 0 Å². The molecule has 0 aliphatic carbocycles. The average Bonchev–Trinajstić information content (AvgIpc) is 2.57. The Labute approximate surface area is 148 Å². The lowest BCUT2D eigenvalue weighted by Crippen LogP contribution is -2.30. The first-order chi connectivity index (χ1) is 12.4. The van der Waals surface area contributed by atoms with Crippen LogP contribution in [0, 0.1) is 0 Å². The Morgan fingerprint density at radius 2 is 1.96 bits per heavy atom. The molecule has 0 saturated carbocycles. The van der Waals surface area contributed by atoms with Crippen molar-refractivity contribution in [3.63, 3.8) is 0 Å². The molecule has 1 aliphatic rings. The molecule has 8 heteroatoms. The SMILES string of the molecule is CCOC(=O)Oc1cc(C2Oc3cc(O)cc(O)c3C[C@H]2O)ccc1O. The molecule has 0 fully saturated rings. The fraction of sp³-hybridized carbons (Fsp3) is 0.278. The van der Waals surface area contributed by atoms with Crippen LogP contribution in [0.3, 0.4) is 0 Å². The third kappa shape index (κ3) is 3.45. The molecular weight excluding hydrogens is 344 g/mol. The smallest absolute Gasteiger partial charge is 0.508 e. The van der Waals surface area contributed by atoms with E-state index in [4.69, 9.17) is 9.47 Å². The molecule has 1 aliphatic heterocycles. The average molecular weight is 362 g/mol. The van der Waals surface area contributed by atoms with Gasteiger partial charge in [-0.1, -0.05) is 6.07 Å². The minimum Gasteiger partial charge on any atom is -0.508 e. The minimum absolute atomic E-state index is 0.0983. The number of carbonyl (C=O) groups excluding carboxylic acids is 1. The van der Waals surface area contributed by atoms with Crippen molar-refractivity contribution in [1.82, 2.24) is 0 Å². The highest BCUT2D eigenvalue weighted by atomic mass is 16.7. The normalized spacial score (nSPS) is 18.5. The predicted molar refractivity (Wildman–Crippen MR) is 88.6 cm³/mol. The van der Waals surface area contributed by atoms with Crippen molar-refractivity contribution in [2.24, 2.45) is 0 Å². The van der Waals surface area contributed by atoms with Gasteiger partial charge in [0.2, 0.25) is 0 Å². The van der Waals surface area contributed by atoms with Crippen molar-refractivity contribution in [2.45, 2.75) is 25.6 Å². The van der Waals surface area contributed by atoms with Gasteiger partial charge in [-0.3, -0.25) is 0 Å². The van der Waals surface area contributed by atoms with Crippen molar-refractivity contribution in [3.05, 3.63) is 41.5 Å². The summed E-state index contributed by atoms with van der Waals surface area (Å²) in [6.45, 7) is 1.74. The number of phenols is 3. The van der Waals surface area contributed by atoms with Gasteiger partial charge < -0.3 is 34.6 Å². The lowest BCUT2D eigenvalue weighted by atomic mass is 9.94. The van der Waals surface area contributed by atoms with Gasteiger partial charge in [-0.15, -0.1) is 0 Å². The van der Waals surface area contributed by atoms with Crippen LogP contribution in [-0.2, 0) is 11.2 Å². The number of ether oxygens (including phenoxy) is 3. The second-order valence-electron chi connectivity index (χ2n) is 5.76. The highest BCUT2D eigenvalue weighted by Gasteiger charge is 2.32. The molecule has 2 aromatic rings. The van der Waals surface area contributed by atoms with E-state index in [9.17, 15) is 25.2 Å². The lowest BCUT2D eigenvalue weighted by molar-refractivity contribution is 0.0196. The Hall–Kier alpha value is -3.13. The Morgan fingerprint density at radius 1 is 1.19 bits per heavy atom. The Bertz CT molecular complexity index is 832. The molecule has 0 saturated heterocycles. The van der Waals surface area contributed by atoms with Gasteiger partial charge in [0, 0.05) is 24.1 Å². The molecular formula is C18H18O8. The number of aliphatic hydroxyl groups excluding tert-OH is 1. The Balaban J connectivity index is 1.90. The van der Waals surface area contributed by atoms with E-state index in [2.05, 4.69) is 4.74 Å². The van der Waals surface area contributed by atoms with Gasteiger partial charge in [0.05, 0.1) is 12.7 Å². The number of hydrogen-bond donors (Lipinski definition) is 4. The fourth-order valence-electron chi connectivity index (χ4n) is 2.78. The maximum atomic E-state index is 11.5. The number of phenolic OH excluding ortho intramolecular Hbond substituents is 3. The summed E-state index contributed by atoms with van der Waals surface area (Å²) in [6, 6.07) is 6.67. The van der Waals surface area contributed by atoms with Gasteiger partial charge in [-0.05, 0) is 24.6 Å². The van der Waals surface area contributed by atoms with E-state index >= 15 is 0 Å². The van der Waals surface area contributed by atoms with Crippen molar-refractivity contribution < 1.29 is 39.4 Å². The fourth-order valence-corrected chi connectivity index (χ4v) is 2.78. The Kier molecular flexibility index (Phi) is 4.77. The van der Waals surface area contributed by atoms with E-state index in [1.54, 1.807) is 6.92 Å². The van der Waals surface area contributed by atoms with Crippen LogP contribution in [-0.4, -0.2) is 39.3 Å². The molecule has 0 radical (unpaired) electrons. The van der Waals surface area contributed by atoms with Crippen molar-refractivity contribution in [1.29, 1.82) is 0 Å². The van der Waals surface area contributed by atoms with Crippen LogP contribution in [0.25, 0.3) is 0 Å². The molecule has 138 valence electrons. The quantitative estimate of drug-likeness (QED) is 0.484. The van der Waals surface area contributed by atoms with E-state index in [1.165, 1.54) is 30.3 Å². The zero-order chi connectivity index (χ0) is 18.8. The van der Waals surface area contributed by atoms with Crippen LogP contribution in [0.4, 0.5) is 4.79 Å². The second kappa shape index (κ2) is 7.01. The second-order valence-corrected chi connectivity index (χ2v) is 5.76. The molecule has 0 amide bonds. The van der Waals surface area contributed by atoms with Crippen LogP contribution in [0.5, 0.6) is 28.7 Å². The van der Waals surface area contributed by atoms with Crippen molar-refractivity contribution in [3.8, 4) is 28.7 Å². The number of aromatic hydroxyl groups is 3. The number of rotatable bonds is 3.